The van der Waals surface area contributed by atoms with E-state index < -0.39 is 9.84 Å². The maximum absolute atomic E-state index is 12.6. The number of aromatic nitrogens is 3. The predicted molar refractivity (Wildman–Crippen MR) is 97.6 cm³/mol. The highest BCUT2D eigenvalue weighted by Crippen LogP contribution is 2.30. The van der Waals surface area contributed by atoms with Gasteiger partial charge in [0.15, 0.2) is 15.7 Å². The smallest absolute Gasteiger partial charge is 0.259 e. The summed E-state index contributed by atoms with van der Waals surface area (Å²) in [7, 11) is -3.04. The highest BCUT2D eigenvalue weighted by Gasteiger charge is 2.37. The van der Waals surface area contributed by atoms with Gasteiger partial charge in [0.25, 0.3) is 5.89 Å². The average Bonchev–Trinajstić information content (AvgIpc) is 3.29. The third kappa shape index (κ3) is 3.87. The van der Waals surface area contributed by atoms with Crippen molar-refractivity contribution in [3.8, 4) is 11.5 Å². The number of pyridine rings is 1. The SMILES string of the molecule is Cc1ccc(-c2nc(C3CCN(C(=O)C4CCS(=O)(=O)C4)CC3)no2)cn1. The lowest BCUT2D eigenvalue weighted by molar-refractivity contribution is -0.135. The molecule has 0 bridgehead atoms. The minimum absolute atomic E-state index is 0.00938. The van der Waals surface area contributed by atoms with Gasteiger partial charge < -0.3 is 9.42 Å². The van der Waals surface area contributed by atoms with Crippen molar-refractivity contribution in [2.24, 2.45) is 5.92 Å². The van der Waals surface area contributed by atoms with Gasteiger partial charge in [-0.1, -0.05) is 5.16 Å². The number of hydrogen-bond donors (Lipinski definition) is 0. The van der Waals surface area contributed by atoms with Crippen molar-refractivity contribution in [1.82, 2.24) is 20.0 Å². The van der Waals surface area contributed by atoms with Crippen LogP contribution in [0.1, 0.15) is 36.7 Å². The van der Waals surface area contributed by atoms with Gasteiger partial charge in [0.2, 0.25) is 5.91 Å². The number of likely N-dealkylation sites (tertiary alicyclic amines) is 1. The fourth-order valence-corrected chi connectivity index (χ4v) is 5.45. The average molecular weight is 390 g/mol. The van der Waals surface area contributed by atoms with Gasteiger partial charge >= 0.3 is 0 Å². The number of amides is 1. The molecule has 0 spiro atoms. The number of carbonyl (C=O) groups is 1. The summed E-state index contributed by atoms with van der Waals surface area (Å²) in [5.41, 5.74) is 1.71. The van der Waals surface area contributed by atoms with Crippen LogP contribution in [0.2, 0.25) is 0 Å². The lowest BCUT2D eigenvalue weighted by Crippen LogP contribution is -2.41. The lowest BCUT2D eigenvalue weighted by Gasteiger charge is -2.32. The van der Waals surface area contributed by atoms with Crippen LogP contribution in [0.25, 0.3) is 11.5 Å². The number of hydrogen-bond acceptors (Lipinski definition) is 7. The summed E-state index contributed by atoms with van der Waals surface area (Å²) in [5.74, 6) is 0.946. The Bertz CT molecular complexity index is 931. The molecular formula is C18H22N4O4S. The number of piperidine rings is 1. The van der Waals surface area contributed by atoms with Crippen LogP contribution in [-0.4, -0.2) is 58.9 Å². The Balaban J connectivity index is 1.37. The van der Waals surface area contributed by atoms with Crippen molar-refractivity contribution in [2.45, 2.75) is 32.1 Å². The molecule has 8 nitrogen and oxygen atoms in total. The minimum Gasteiger partial charge on any atom is -0.342 e. The maximum Gasteiger partial charge on any atom is 0.259 e. The molecule has 1 amide bonds. The second-order valence-corrected chi connectivity index (χ2v) is 9.57. The Morgan fingerprint density at radius 1 is 1.22 bits per heavy atom. The van der Waals surface area contributed by atoms with E-state index in [1.165, 1.54) is 0 Å². The molecule has 0 aromatic carbocycles. The van der Waals surface area contributed by atoms with Crippen LogP contribution in [0.3, 0.4) is 0 Å². The van der Waals surface area contributed by atoms with E-state index >= 15 is 0 Å². The first kappa shape index (κ1) is 18.1. The zero-order chi connectivity index (χ0) is 19.0. The molecule has 0 radical (unpaired) electrons. The number of rotatable bonds is 3. The van der Waals surface area contributed by atoms with E-state index in [4.69, 9.17) is 4.52 Å². The van der Waals surface area contributed by atoms with E-state index in [-0.39, 0.29) is 29.2 Å². The predicted octanol–water partition coefficient (Wildman–Crippen LogP) is 1.58. The van der Waals surface area contributed by atoms with Gasteiger partial charge in [-0.25, -0.2) is 8.42 Å². The van der Waals surface area contributed by atoms with E-state index in [1.807, 2.05) is 19.1 Å². The van der Waals surface area contributed by atoms with Crippen molar-refractivity contribution >= 4 is 15.7 Å². The van der Waals surface area contributed by atoms with E-state index in [2.05, 4.69) is 15.1 Å². The molecular weight excluding hydrogens is 368 g/mol. The van der Waals surface area contributed by atoms with Crippen LogP contribution < -0.4 is 0 Å². The third-order valence-corrected chi connectivity index (χ3v) is 7.12. The number of carbonyl (C=O) groups excluding carboxylic acids is 1. The molecule has 0 N–H and O–H groups in total. The van der Waals surface area contributed by atoms with Crippen LogP contribution in [-0.2, 0) is 14.6 Å². The number of nitrogens with zero attached hydrogens (tertiary/aromatic N) is 4. The van der Waals surface area contributed by atoms with E-state index in [9.17, 15) is 13.2 Å². The molecule has 4 rings (SSSR count). The first-order chi connectivity index (χ1) is 12.9. The summed E-state index contributed by atoms with van der Waals surface area (Å²) >= 11 is 0. The Labute approximate surface area is 157 Å². The Morgan fingerprint density at radius 2 is 2.00 bits per heavy atom. The molecule has 0 aliphatic carbocycles. The Hall–Kier alpha value is -2.29. The highest BCUT2D eigenvalue weighted by molar-refractivity contribution is 7.91. The Kier molecular flexibility index (Phi) is 4.71. The molecule has 9 heteroatoms. The van der Waals surface area contributed by atoms with Gasteiger partial charge in [0.05, 0.1) is 23.0 Å². The largest absolute Gasteiger partial charge is 0.342 e. The molecule has 0 saturated carbocycles. The topological polar surface area (TPSA) is 106 Å². The molecule has 2 saturated heterocycles. The van der Waals surface area contributed by atoms with Crippen molar-refractivity contribution < 1.29 is 17.7 Å². The van der Waals surface area contributed by atoms with Crippen LogP contribution >= 0.6 is 0 Å². The van der Waals surface area contributed by atoms with Crippen LogP contribution in [0, 0.1) is 12.8 Å². The molecule has 4 heterocycles. The third-order valence-electron chi connectivity index (χ3n) is 5.35. The van der Waals surface area contributed by atoms with Gasteiger partial charge in [-0.15, -0.1) is 0 Å². The summed E-state index contributed by atoms with van der Waals surface area (Å²) in [6.07, 6.45) is 3.65. The van der Waals surface area contributed by atoms with E-state index in [1.54, 1.807) is 11.1 Å². The van der Waals surface area contributed by atoms with Gasteiger partial charge in [0.1, 0.15) is 0 Å². The Morgan fingerprint density at radius 3 is 2.63 bits per heavy atom. The normalized spacial score (nSPS) is 22.9. The molecule has 2 fully saturated rings. The fourth-order valence-electron chi connectivity index (χ4n) is 3.72. The van der Waals surface area contributed by atoms with Crippen LogP contribution in [0.5, 0.6) is 0 Å². The molecule has 2 aliphatic heterocycles. The first-order valence-electron chi connectivity index (χ1n) is 9.17. The summed E-state index contributed by atoms with van der Waals surface area (Å²) in [5, 5.41) is 4.11. The van der Waals surface area contributed by atoms with Crippen molar-refractivity contribution in [2.75, 3.05) is 24.6 Å². The van der Waals surface area contributed by atoms with Crippen molar-refractivity contribution in [3.05, 3.63) is 29.8 Å². The molecule has 1 unspecified atom stereocenters. The molecule has 144 valence electrons. The first-order valence-corrected chi connectivity index (χ1v) is 11.0. The van der Waals surface area contributed by atoms with Crippen LogP contribution in [0.4, 0.5) is 0 Å². The van der Waals surface area contributed by atoms with E-state index in [0.717, 1.165) is 24.1 Å². The molecule has 1 atom stereocenters. The summed E-state index contributed by atoms with van der Waals surface area (Å²) in [4.78, 5) is 23.1. The zero-order valence-electron chi connectivity index (χ0n) is 15.2. The maximum atomic E-state index is 12.6. The lowest BCUT2D eigenvalue weighted by atomic mass is 9.95. The fraction of sp³-hybridized carbons (Fsp3) is 0.556. The van der Waals surface area contributed by atoms with Gasteiger partial charge in [0, 0.05) is 30.9 Å². The van der Waals surface area contributed by atoms with Crippen LogP contribution in [0.15, 0.2) is 22.9 Å². The highest BCUT2D eigenvalue weighted by atomic mass is 32.2. The molecule has 2 aliphatic rings. The van der Waals surface area contributed by atoms with Gasteiger partial charge in [-0.05, 0) is 38.3 Å². The monoisotopic (exact) mass is 390 g/mol. The number of sulfone groups is 1. The molecule has 2 aromatic rings. The zero-order valence-corrected chi connectivity index (χ0v) is 16.0. The van der Waals surface area contributed by atoms with Crippen molar-refractivity contribution in [3.63, 3.8) is 0 Å². The van der Waals surface area contributed by atoms with Gasteiger partial charge in [-0.3, -0.25) is 9.78 Å². The molecule has 27 heavy (non-hydrogen) atoms. The van der Waals surface area contributed by atoms with Crippen molar-refractivity contribution in [1.29, 1.82) is 0 Å². The standard InChI is InChI=1S/C18H22N4O4S/c1-12-2-3-14(10-19-12)17-20-16(21-26-17)13-4-7-22(8-5-13)18(23)15-6-9-27(24,25)11-15/h2-3,10,13,15H,4-9,11H2,1H3. The molecule has 2 aromatic heterocycles. The quantitative estimate of drug-likeness (QED) is 0.783. The summed E-state index contributed by atoms with van der Waals surface area (Å²) in [6, 6.07) is 3.79. The second-order valence-electron chi connectivity index (χ2n) is 7.35. The summed E-state index contributed by atoms with van der Waals surface area (Å²) in [6.45, 7) is 3.10. The minimum atomic E-state index is -3.04. The summed E-state index contributed by atoms with van der Waals surface area (Å²) < 4.78 is 28.6. The second kappa shape index (κ2) is 7.03. The van der Waals surface area contributed by atoms with Gasteiger partial charge in [-0.2, -0.15) is 4.98 Å². The van der Waals surface area contributed by atoms with E-state index in [0.29, 0.717) is 31.2 Å². The number of aryl methyl sites for hydroxylation is 1.